The second kappa shape index (κ2) is 4.50. The molecule has 1 rings (SSSR count). The third-order valence-electron chi connectivity index (χ3n) is 2.10. The van der Waals surface area contributed by atoms with Crippen LogP contribution in [0.4, 0.5) is 0 Å². The average molecular weight is 155 g/mol. The van der Waals surface area contributed by atoms with E-state index in [0.29, 0.717) is 12.3 Å². The van der Waals surface area contributed by atoms with Crippen LogP contribution in [-0.4, -0.2) is 18.9 Å². The molecule has 1 N–H and O–H groups in total. The van der Waals surface area contributed by atoms with E-state index >= 15 is 0 Å². The number of likely N-dealkylation sites (N-methyl/N-ethyl adjacent to an activating group) is 1. The van der Waals surface area contributed by atoms with Gasteiger partial charge in [-0.2, -0.15) is 0 Å². The van der Waals surface area contributed by atoms with Crippen LogP contribution >= 0.6 is 0 Å². The summed E-state index contributed by atoms with van der Waals surface area (Å²) in [4.78, 5) is 11.1. The van der Waals surface area contributed by atoms with Crippen LogP contribution in [0.1, 0.15) is 32.6 Å². The second-order valence-electron chi connectivity index (χ2n) is 3.30. The van der Waals surface area contributed by atoms with Gasteiger partial charge in [-0.1, -0.05) is 19.8 Å². The molecule has 0 bridgehead atoms. The molecule has 0 unspecified atom stereocenters. The summed E-state index contributed by atoms with van der Waals surface area (Å²) in [7, 11) is 0. The zero-order valence-corrected chi connectivity index (χ0v) is 7.23. The Morgan fingerprint density at radius 2 is 2.27 bits per heavy atom. The van der Waals surface area contributed by atoms with Crippen molar-refractivity contribution in [1.29, 1.82) is 0 Å². The highest BCUT2D eigenvalue weighted by molar-refractivity contribution is 5.80. The standard InChI is InChI=1S/C9H17NO/c1-2-10-7-9(11)6-5-8-3-4-8/h8,10H,2-7H2,1H3. The molecule has 64 valence electrons. The van der Waals surface area contributed by atoms with Gasteiger partial charge in [0.1, 0.15) is 5.78 Å². The molecule has 0 saturated heterocycles. The SMILES string of the molecule is CCNCC(=O)CCC1CC1. The molecule has 1 aliphatic carbocycles. The minimum absolute atomic E-state index is 0.374. The van der Waals surface area contributed by atoms with Crippen molar-refractivity contribution in [3.8, 4) is 0 Å². The Labute approximate surface area is 68.4 Å². The first-order valence-electron chi connectivity index (χ1n) is 4.55. The van der Waals surface area contributed by atoms with Crippen molar-refractivity contribution in [1.82, 2.24) is 5.32 Å². The van der Waals surface area contributed by atoms with Gasteiger partial charge >= 0.3 is 0 Å². The highest BCUT2D eigenvalue weighted by atomic mass is 16.1. The molecule has 11 heavy (non-hydrogen) atoms. The molecule has 0 aromatic carbocycles. The predicted octanol–water partition coefficient (Wildman–Crippen LogP) is 1.36. The van der Waals surface area contributed by atoms with E-state index in [1.54, 1.807) is 0 Å². The fourth-order valence-electron chi connectivity index (χ4n) is 1.12. The monoisotopic (exact) mass is 155 g/mol. The van der Waals surface area contributed by atoms with Gasteiger partial charge in [0, 0.05) is 6.42 Å². The molecular formula is C9H17NO. The summed E-state index contributed by atoms with van der Waals surface area (Å²) in [5.74, 6) is 1.26. The van der Waals surface area contributed by atoms with Crippen LogP contribution in [-0.2, 0) is 4.79 Å². The van der Waals surface area contributed by atoms with E-state index in [4.69, 9.17) is 0 Å². The van der Waals surface area contributed by atoms with Crippen LogP contribution in [0.2, 0.25) is 0 Å². The zero-order valence-electron chi connectivity index (χ0n) is 7.23. The molecular weight excluding hydrogens is 138 g/mol. The highest BCUT2D eigenvalue weighted by Crippen LogP contribution is 2.33. The maximum Gasteiger partial charge on any atom is 0.146 e. The van der Waals surface area contributed by atoms with Crippen molar-refractivity contribution >= 4 is 5.78 Å². The maximum atomic E-state index is 11.1. The van der Waals surface area contributed by atoms with Crippen molar-refractivity contribution in [2.45, 2.75) is 32.6 Å². The predicted molar refractivity (Wildman–Crippen MR) is 45.5 cm³/mol. The topological polar surface area (TPSA) is 29.1 Å². The number of nitrogens with one attached hydrogen (secondary N) is 1. The molecule has 0 aromatic rings. The Morgan fingerprint density at radius 1 is 1.55 bits per heavy atom. The number of hydrogen-bond acceptors (Lipinski definition) is 2. The molecule has 1 aliphatic rings. The lowest BCUT2D eigenvalue weighted by Gasteiger charge is -1.99. The van der Waals surface area contributed by atoms with E-state index in [1.807, 2.05) is 6.92 Å². The first-order chi connectivity index (χ1) is 5.33. The minimum atomic E-state index is 0.374. The molecule has 1 saturated carbocycles. The van der Waals surface area contributed by atoms with Gasteiger partial charge in [0.25, 0.3) is 0 Å². The summed E-state index contributed by atoms with van der Waals surface area (Å²) in [6.07, 6.45) is 4.63. The summed E-state index contributed by atoms with van der Waals surface area (Å²) in [5.41, 5.74) is 0. The Balaban J connectivity index is 1.91. The molecule has 2 heteroatoms. The van der Waals surface area contributed by atoms with Crippen molar-refractivity contribution in [2.75, 3.05) is 13.1 Å². The smallest absolute Gasteiger partial charge is 0.146 e. The average Bonchev–Trinajstić information content (AvgIpc) is 2.80. The molecule has 0 aromatic heterocycles. The van der Waals surface area contributed by atoms with Crippen LogP contribution in [0.5, 0.6) is 0 Å². The van der Waals surface area contributed by atoms with Gasteiger partial charge in [0.2, 0.25) is 0 Å². The first kappa shape index (κ1) is 8.72. The fraction of sp³-hybridized carbons (Fsp3) is 0.889. The number of Topliss-reactive ketones (excluding diaryl/α,β-unsaturated/α-hetero) is 1. The molecule has 0 amide bonds. The van der Waals surface area contributed by atoms with Gasteiger partial charge in [-0.05, 0) is 18.9 Å². The first-order valence-corrected chi connectivity index (χ1v) is 4.55. The number of carbonyl (C=O) groups is 1. The Morgan fingerprint density at radius 3 is 2.82 bits per heavy atom. The molecule has 2 nitrogen and oxygen atoms in total. The van der Waals surface area contributed by atoms with Crippen molar-refractivity contribution in [2.24, 2.45) is 5.92 Å². The van der Waals surface area contributed by atoms with Gasteiger partial charge < -0.3 is 5.32 Å². The van der Waals surface area contributed by atoms with Gasteiger partial charge in [-0.15, -0.1) is 0 Å². The second-order valence-corrected chi connectivity index (χ2v) is 3.30. The zero-order chi connectivity index (χ0) is 8.10. The lowest BCUT2D eigenvalue weighted by molar-refractivity contribution is -0.118. The third kappa shape index (κ3) is 4.14. The highest BCUT2D eigenvalue weighted by Gasteiger charge is 2.21. The lowest BCUT2D eigenvalue weighted by Crippen LogP contribution is -2.22. The maximum absolute atomic E-state index is 11.1. The van der Waals surface area contributed by atoms with E-state index in [2.05, 4.69) is 5.32 Å². The quantitative estimate of drug-likeness (QED) is 0.627. The molecule has 0 spiro atoms. The molecule has 0 radical (unpaired) electrons. The van der Waals surface area contributed by atoms with E-state index < -0.39 is 0 Å². The number of carbonyl (C=O) groups excluding carboxylic acids is 1. The summed E-state index contributed by atoms with van der Waals surface area (Å²) in [6.45, 7) is 3.49. The summed E-state index contributed by atoms with van der Waals surface area (Å²) in [5, 5.41) is 3.04. The van der Waals surface area contributed by atoms with Crippen molar-refractivity contribution in [3.05, 3.63) is 0 Å². The van der Waals surface area contributed by atoms with Crippen molar-refractivity contribution < 1.29 is 4.79 Å². The normalized spacial score (nSPS) is 16.8. The Bertz CT molecular complexity index is 130. The van der Waals surface area contributed by atoms with Gasteiger partial charge in [-0.25, -0.2) is 0 Å². The lowest BCUT2D eigenvalue weighted by atomic mass is 10.1. The van der Waals surface area contributed by atoms with Crippen LogP contribution in [0.25, 0.3) is 0 Å². The van der Waals surface area contributed by atoms with E-state index in [1.165, 1.54) is 12.8 Å². The van der Waals surface area contributed by atoms with Gasteiger partial charge in [0.15, 0.2) is 0 Å². The van der Waals surface area contributed by atoms with Crippen molar-refractivity contribution in [3.63, 3.8) is 0 Å². The number of hydrogen-bond donors (Lipinski definition) is 1. The van der Waals surface area contributed by atoms with Crippen LogP contribution in [0.3, 0.4) is 0 Å². The van der Waals surface area contributed by atoms with Gasteiger partial charge in [0.05, 0.1) is 6.54 Å². The molecule has 0 heterocycles. The molecule has 0 atom stereocenters. The van der Waals surface area contributed by atoms with Crippen LogP contribution < -0.4 is 5.32 Å². The number of rotatable bonds is 6. The summed E-state index contributed by atoms with van der Waals surface area (Å²) >= 11 is 0. The summed E-state index contributed by atoms with van der Waals surface area (Å²) in [6, 6.07) is 0. The fourth-order valence-corrected chi connectivity index (χ4v) is 1.12. The van der Waals surface area contributed by atoms with E-state index in [0.717, 1.165) is 25.3 Å². The summed E-state index contributed by atoms with van der Waals surface area (Å²) < 4.78 is 0. The molecule has 0 aliphatic heterocycles. The van der Waals surface area contributed by atoms with Gasteiger partial charge in [-0.3, -0.25) is 4.79 Å². The van der Waals surface area contributed by atoms with Crippen LogP contribution in [0.15, 0.2) is 0 Å². The van der Waals surface area contributed by atoms with Crippen LogP contribution in [0, 0.1) is 5.92 Å². The molecule has 1 fully saturated rings. The Hall–Kier alpha value is -0.370. The Kier molecular flexibility index (Phi) is 3.57. The van der Waals surface area contributed by atoms with E-state index in [9.17, 15) is 4.79 Å². The third-order valence-corrected chi connectivity index (χ3v) is 2.10. The minimum Gasteiger partial charge on any atom is -0.310 e. The largest absolute Gasteiger partial charge is 0.310 e. The number of ketones is 1. The van der Waals surface area contributed by atoms with E-state index in [-0.39, 0.29) is 0 Å².